The van der Waals surface area contributed by atoms with Gasteiger partial charge in [0.25, 0.3) is 5.97 Å². The molecule has 0 aliphatic carbocycles. The van der Waals surface area contributed by atoms with Gasteiger partial charge in [0.15, 0.2) is 0 Å². The summed E-state index contributed by atoms with van der Waals surface area (Å²) in [6.45, 7) is 2.95. The van der Waals surface area contributed by atoms with Gasteiger partial charge in [0.05, 0.1) is 0 Å². The molecule has 0 aromatic carbocycles. The molecule has 0 spiro atoms. The minimum absolute atomic E-state index is 0.0104. The lowest BCUT2D eigenvalue weighted by Gasteiger charge is -2.07. The van der Waals surface area contributed by atoms with Crippen molar-refractivity contribution in [3.05, 3.63) is 0 Å². The van der Waals surface area contributed by atoms with Gasteiger partial charge in [-0.05, 0) is 19.3 Å². The second-order valence-corrected chi connectivity index (χ2v) is 4.12. The second-order valence-electron chi connectivity index (χ2n) is 4.12. The number of rotatable bonds is 8. The first-order chi connectivity index (χ1) is 10.2. The summed E-state index contributed by atoms with van der Waals surface area (Å²) in [5.41, 5.74) is 0. The predicted octanol–water partition coefficient (Wildman–Crippen LogP) is -0.679. The molecule has 0 fully saturated rings. The molecule has 132 valence electrons. The van der Waals surface area contributed by atoms with Crippen molar-refractivity contribution >= 4 is 18.2 Å². The maximum Gasteiger partial charge on any atom is 0.346 e. The Hall–Kier alpha value is -1.55. The van der Waals surface area contributed by atoms with E-state index in [1.165, 1.54) is 0 Å². The molecule has 0 radical (unpaired) electrons. The Labute approximate surface area is 129 Å². The van der Waals surface area contributed by atoms with Gasteiger partial charge >= 0.3 is 5.97 Å². The molecule has 0 amide bonds. The van der Waals surface area contributed by atoms with Gasteiger partial charge in [-0.3, -0.25) is 9.79 Å². The largest absolute Gasteiger partial charge is 0.481 e. The number of hydrogen-bond acceptors (Lipinski definition) is 7. The zero-order valence-corrected chi connectivity index (χ0v) is 12.9. The molecule has 0 aromatic rings. The van der Waals surface area contributed by atoms with E-state index in [1.54, 1.807) is 6.92 Å². The SMILES string of the molecule is CC(=O)O.CCC(O)N=CC(=O)O.OCCCC(CO)CO. The van der Waals surface area contributed by atoms with Crippen molar-refractivity contribution in [2.75, 3.05) is 19.8 Å². The Morgan fingerprint density at radius 2 is 1.59 bits per heavy atom. The third kappa shape index (κ3) is 31.1. The molecule has 0 aliphatic heterocycles. The first-order valence-electron chi connectivity index (χ1n) is 6.71. The van der Waals surface area contributed by atoms with Gasteiger partial charge in [0, 0.05) is 32.7 Å². The topological polar surface area (TPSA) is 168 Å². The summed E-state index contributed by atoms with van der Waals surface area (Å²) in [7, 11) is 0. The average Bonchev–Trinajstić information content (AvgIpc) is 2.46. The van der Waals surface area contributed by atoms with Gasteiger partial charge in [-0.25, -0.2) is 4.79 Å². The van der Waals surface area contributed by atoms with Crippen LogP contribution in [0.2, 0.25) is 0 Å². The minimum atomic E-state index is -1.14. The fourth-order valence-electron chi connectivity index (χ4n) is 0.875. The van der Waals surface area contributed by atoms with Crippen molar-refractivity contribution in [1.29, 1.82) is 0 Å². The average molecular weight is 325 g/mol. The van der Waals surface area contributed by atoms with Crippen LogP contribution in [-0.2, 0) is 9.59 Å². The molecule has 0 aromatic heterocycles. The molecule has 0 bridgehead atoms. The van der Waals surface area contributed by atoms with E-state index in [4.69, 9.17) is 35.4 Å². The molecule has 0 aliphatic rings. The molecule has 9 heteroatoms. The van der Waals surface area contributed by atoms with Crippen LogP contribution < -0.4 is 0 Å². The van der Waals surface area contributed by atoms with Gasteiger partial charge in [-0.2, -0.15) is 0 Å². The van der Waals surface area contributed by atoms with Crippen LogP contribution in [0.1, 0.15) is 33.1 Å². The fourth-order valence-corrected chi connectivity index (χ4v) is 0.875. The van der Waals surface area contributed by atoms with Crippen molar-refractivity contribution in [2.45, 2.75) is 39.3 Å². The summed E-state index contributed by atoms with van der Waals surface area (Å²) < 4.78 is 0. The quantitative estimate of drug-likeness (QED) is 0.319. The highest BCUT2D eigenvalue weighted by Crippen LogP contribution is 2.02. The number of aliphatic imine (C=N–C) groups is 1. The number of carboxylic acid groups (broad SMARTS) is 2. The highest BCUT2D eigenvalue weighted by Gasteiger charge is 2.03. The first kappa shape index (κ1) is 25.4. The van der Waals surface area contributed by atoms with E-state index >= 15 is 0 Å². The highest BCUT2D eigenvalue weighted by molar-refractivity contribution is 6.22. The molecule has 22 heavy (non-hydrogen) atoms. The molecule has 9 nitrogen and oxygen atoms in total. The Balaban J connectivity index is -0.000000266. The summed E-state index contributed by atoms with van der Waals surface area (Å²) in [5, 5.41) is 49.4. The number of aliphatic hydroxyl groups is 4. The summed E-state index contributed by atoms with van der Waals surface area (Å²) in [5.74, 6) is -2.01. The fraction of sp³-hybridized carbons (Fsp3) is 0.769. The van der Waals surface area contributed by atoms with Crippen molar-refractivity contribution in [1.82, 2.24) is 0 Å². The molecule has 1 unspecified atom stereocenters. The number of aliphatic carboxylic acids is 2. The number of carbonyl (C=O) groups is 2. The van der Waals surface area contributed by atoms with E-state index < -0.39 is 18.2 Å². The minimum Gasteiger partial charge on any atom is -0.481 e. The molecule has 6 N–H and O–H groups in total. The normalized spacial score (nSPS) is 11.2. The summed E-state index contributed by atoms with van der Waals surface area (Å²) in [4.78, 5) is 22.0. The van der Waals surface area contributed by atoms with Gasteiger partial charge in [0.2, 0.25) is 0 Å². The third-order valence-corrected chi connectivity index (χ3v) is 2.01. The predicted molar refractivity (Wildman–Crippen MR) is 79.7 cm³/mol. The maximum absolute atomic E-state index is 9.76. The Kier molecular flexibility index (Phi) is 22.5. The van der Waals surface area contributed by atoms with E-state index in [-0.39, 0.29) is 25.7 Å². The van der Waals surface area contributed by atoms with Crippen molar-refractivity contribution in [2.24, 2.45) is 10.9 Å². The lowest BCUT2D eigenvalue weighted by molar-refractivity contribution is -0.134. The van der Waals surface area contributed by atoms with E-state index in [0.717, 1.165) is 6.92 Å². The molecule has 1 atom stereocenters. The summed E-state index contributed by atoms with van der Waals surface area (Å²) >= 11 is 0. The standard InChI is InChI=1S/C6H14O3.C5H9NO3.C2H4O2/c7-3-1-2-6(4-8)5-9;1-2-4(7)6-3-5(8)9;1-2(3)4/h6-9H,1-5H2;3-4,7H,2H2,1H3,(H,8,9);1H3,(H,3,4). The van der Waals surface area contributed by atoms with Crippen molar-refractivity contribution in [3.63, 3.8) is 0 Å². The van der Waals surface area contributed by atoms with Crippen LogP contribution in [0.25, 0.3) is 0 Å². The molecule has 0 rings (SSSR count). The Bertz CT molecular complexity index is 288. The molecule has 0 saturated heterocycles. The van der Waals surface area contributed by atoms with E-state index in [1.807, 2.05) is 0 Å². The van der Waals surface area contributed by atoms with Crippen LogP contribution in [0.4, 0.5) is 0 Å². The van der Waals surface area contributed by atoms with Crippen LogP contribution in [0.15, 0.2) is 4.99 Å². The van der Waals surface area contributed by atoms with Gasteiger partial charge in [-0.1, -0.05) is 6.92 Å². The van der Waals surface area contributed by atoms with Crippen LogP contribution in [0.5, 0.6) is 0 Å². The van der Waals surface area contributed by atoms with Gasteiger partial charge in [0.1, 0.15) is 12.4 Å². The van der Waals surface area contributed by atoms with Crippen LogP contribution in [0, 0.1) is 5.92 Å². The first-order valence-corrected chi connectivity index (χ1v) is 6.71. The van der Waals surface area contributed by atoms with Gasteiger partial charge in [-0.15, -0.1) is 0 Å². The number of nitrogens with zero attached hydrogens (tertiary/aromatic N) is 1. The molecular formula is C13H27NO8. The van der Waals surface area contributed by atoms with Crippen LogP contribution in [-0.4, -0.2) is 74.8 Å². The van der Waals surface area contributed by atoms with E-state index in [9.17, 15) is 4.79 Å². The summed E-state index contributed by atoms with van der Waals surface area (Å²) in [6, 6.07) is 0. The number of aliphatic hydroxyl groups excluding tert-OH is 4. The van der Waals surface area contributed by atoms with Crippen LogP contribution in [0.3, 0.4) is 0 Å². The second kappa shape index (κ2) is 19.4. The lowest BCUT2D eigenvalue weighted by atomic mass is 10.1. The van der Waals surface area contributed by atoms with E-state index in [2.05, 4.69) is 4.99 Å². The Morgan fingerprint density at radius 3 is 1.86 bits per heavy atom. The monoisotopic (exact) mass is 325 g/mol. The number of hydrogen-bond donors (Lipinski definition) is 6. The zero-order valence-electron chi connectivity index (χ0n) is 12.9. The zero-order chi connectivity index (χ0) is 18.0. The number of carboxylic acids is 2. The molecular weight excluding hydrogens is 298 g/mol. The van der Waals surface area contributed by atoms with Crippen molar-refractivity contribution < 1.29 is 40.2 Å². The Morgan fingerprint density at radius 1 is 1.14 bits per heavy atom. The van der Waals surface area contributed by atoms with Gasteiger partial charge < -0.3 is 30.6 Å². The molecule has 0 saturated carbocycles. The lowest BCUT2D eigenvalue weighted by Crippen LogP contribution is -2.11. The summed E-state index contributed by atoms with van der Waals surface area (Å²) in [6.07, 6.45) is 1.61. The van der Waals surface area contributed by atoms with Crippen molar-refractivity contribution in [3.8, 4) is 0 Å². The smallest absolute Gasteiger partial charge is 0.346 e. The molecule has 0 heterocycles. The van der Waals surface area contributed by atoms with Crippen LogP contribution >= 0.6 is 0 Å². The highest BCUT2D eigenvalue weighted by atomic mass is 16.4. The van der Waals surface area contributed by atoms with E-state index in [0.29, 0.717) is 25.5 Å². The maximum atomic E-state index is 9.76. The third-order valence-electron chi connectivity index (χ3n) is 2.01.